The highest BCUT2D eigenvalue weighted by Crippen LogP contribution is 2.39. The highest BCUT2D eigenvalue weighted by atomic mass is 35.5. The SMILES string of the molecule is CNCc1cccc(Cl)c1Oc1c(C)cccc1[N+](=O)[O-]. The lowest BCUT2D eigenvalue weighted by molar-refractivity contribution is -0.385. The molecule has 5 nitrogen and oxygen atoms in total. The van der Waals surface area contributed by atoms with E-state index in [1.54, 1.807) is 32.2 Å². The van der Waals surface area contributed by atoms with E-state index in [0.717, 1.165) is 5.56 Å². The summed E-state index contributed by atoms with van der Waals surface area (Å²) in [5.74, 6) is 0.652. The average Bonchev–Trinajstić information content (AvgIpc) is 2.44. The second-order valence-corrected chi connectivity index (χ2v) is 4.95. The van der Waals surface area contributed by atoms with Crippen LogP contribution in [0.1, 0.15) is 11.1 Å². The van der Waals surface area contributed by atoms with Gasteiger partial charge < -0.3 is 10.1 Å². The number of nitrogens with zero attached hydrogens (tertiary/aromatic N) is 1. The van der Waals surface area contributed by atoms with Gasteiger partial charge in [-0.2, -0.15) is 0 Å². The number of hydrogen-bond acceptors (Lipinski definition) is 4. The molecule has 2 aromatic rings. The number of hydrogen-bond donors (Lipinski definition) is 1. The maximum absolute atomic E-state index is 11.1. The van der Waals surface area contributed by atoms with E-state index >= 15 is 0 Å². The fourth-order valence-corrected chi connectivity index (χ4v) is 2.25. The number of para-hydroxylation sites is 2. The number of aryl methyl sites for hydroxylation is 1. The van der Waals surface area contributed by atoms with Crippen LogP contribution in [0.3, 0.4) is 0 Å². The summed E-state index contributed by atoms with van der Waals surface area (Å²) in [4.78, 5) is 10.7. The van der Waals surface area contributed by atoms with Gasteiger partial charge in [-0.3, -0.25) is 10.1 Å². The van der Waals surface area contributed by atoms with Crippen LogP contribution >= 0.6 is 11.6 Å². The van der Waals surface area contributed by atoms with Crippen molar-refractivity contribution in [2.75, 3.05) is 7.05 Å². The minimum Gasteiger partial charge on any atom is -0.448 e. The van der Waals surface area contributed by atoms with E-state index in [-0.39, 0.29) is 11.4 Å². The molecule has 0 spiro atoms. The van der Waals surface area contributed by atoms with Crippen molar-refractivity contribution in [1.82, 2.24) is 5.32 Å². The van der Waals surface area contributed by atoms with Crippen LogP contribution in [0.5, 0.6) is 11.5 Å². The lowest BCUT2D eigenvalue weighted by Gasteiger charge is -2.14. The summed E-state index contributed by atoms with van der Waals surface area (Å²) >= 11 is 6.18. The Hall–Kier alpha value is -2.11. The Morgan fingerprint density at radius 3 is 2.62 bits per heavy atom. The maximum atomic E-state index is 11.1. The molecule has 2 rings (SSSR count). The maximum Gasteiger partial charge on any atom is 0.311 e. The molecule has 2 aromatic carbocycles. The first-order valence-corrected chi connectivity index (χ1v) is 6.76. The van der Waals surface area contributed by atoms with Gasteiger partial charge in [-0.1, -0.05) is 35.9 Å². The third kappa shape index (κ3) is 3.32. The topological polar surface area (TPSA) is 64.4 Å². The second kappa shape index (κ2) is 6.56. The summed E-state index contributed by atoms with van der Waals surface area (Å²) in [5.41, 5.74) is 1.44. The zero-order valence-corrected chi connectivity index (χ0v) is 12.5. The van der Waals surface area contributed by atoms with Gasteiger partial charge in [0.25, 0.3) is 0 Å². The fourth-order valence-electron chi connectivity index (χ4n) is 2.01. The second-order valence-electron chi connectivity index (χ2n) is 4.54. The van der Waals surface area contributed by atoms with Crippen molar-refractivity contribution in [2.45, 2.75) is 13.5 Å². The van der Waals surface area contributed by atoms with Crippen LogP contribution in [0.25, 0.3) is 0 Å². The van der Waals surface area contributed by atoms with Crippen molar-refractivity contribution < 1.29 is 9.66 Å². The molecular formula is C15H15ClN2O3. The molecular weight excluding hydrogens is 292 g/mol. The average molecular weight is 307 g/mol. The zero-order chi connectivity index (χ0) is 15.4. The largest absolute Gasteiger partial charge is 0.448 e. The van der Waals surface area contributed by atoms with Gasteiger partial charge in [0.05, 0.1) is 9.95 Å². The monoisotopic (exact) mass is 306 g/mol. The van der Waals surface area contributed by atoms with Crippen LogP contribution < -0.4 is 10.1 Å². The van der Waals surface area contributed by atoms with E-state index in [4.69, 9.17) is 16.3 Å². The molecule has 0 aliphatic heterocycles. The van der Waals surface area contributed by atoms with Crippen LogP contribution in [0.2, 0.25) is 5.02 Å². The number of benzene rings is 2. The van der Waals surface area contributed by atoms with Crippen molar-refractivity contribution in [1.29, 1.82) is 0 Å². The Kier molecular flexibility index (Phi) is 4.77. The van der Waals surface area contributed by atoms with Crippen LogP contribution in [-0.4, -0.2) is 12.0 Å². The summed E-state index contributed by atoms with van der Waals surface area (Å²) in [6.07, 6.45) is 0. The molecule has 21 heavy (non-hydrogen) atoms. The van der Waals surface area contributed by atoms with Gasteiger partial charge in [0, 0.05) is 18.2 Å². The molecule has 0 amide bonds. The summed E-state index contributed by atoms with van der Waals surface area (Å²) < 4.78 is 5.80. The minimum atomic E-state index is -0.461. The first-order chi connectivity index (χ1) is 10.0. The number of rotatable bonds is 5. The Morgan fingerprint density at radius 2 is 1.95 bits per heavy atom. The molecule has 6 heteroatoms. The quantitative estimate of drug-likeness (QED) is 0.668. The van der Waals surface area contributed by atoms with Crippen LogP contribution in [0, 0.1) is 17.0 Å². The van der Waals surface area contributed by atoms with Crippen molar-refractivity contribution >= 4 is 17.3 Å². The standard InChI is InChI=1S/C15H15ClN2O3/c1-10-5-3-8-13(18(19)20)14(10)21-15-11(9-17-2)6-4-7-12(15)16/h3-8,17H,9H2,1-2H3. The molecule has 0 aliphatic rings. The van der Waals surface area contributed by atoms with Gasteiger partial charge in [0.1, 0.15) is 0 Å². The third-order valence-electron chi connectivity index (χ3n) is 3.01. The summed E-state index contributed by atoms with van der Waals surface area (Å²) in [5, 5.41) is 14.6. The Labute approximate surface area is 127 Å². The smallest absolute Gasteiger partial charge is 0.311 e. The summed E-state index contributed by atoms with van der Waals surface area (Å²) in [6, 6.07) is 10.2. The Morgan fingerprint density at radius 1 is 1.24 bits per heavy atom. The molecule has 1 N–H and O–H groups in total. The van der Waals surface area contributed by atoms with E-state index in [1.807, 2.05) is 12.1 Å². The van der Waals surface area contributed by atoms with E-state index in [0.29, 0.717) is 22.9 Å². The molecule has 0 bridgehead atoms. The zero-order valence-electron chi connectivity index (χ0n) is 11.7. The normalized spacial score (nSPS) is 10.4. The van der Waals surface area contributed by atoms with Crippen molar-refractivity contribution in [3.63, 3.8) is 0 Å². The summed E-state index contributed by atoms with van der Waals surface area (Å²) in [6.45, 7) is 2.31. The van der Waals surface area contributed by atoms with Gasteiger partial charge in [-0.15, -0.1) is 0 Å². The van der Waals surface area contributed by atoms with Gasteiger partial charge >= 0.3 is 5.69 Å². The van der Waals surface area contributed by atoms with Gasteiger partial charge in [0.2, 0.25) is 5.75 Å². The van der Waals surface area contributed by atoms with Crippen LogP contribution in [-0.2, 0) is 6.54 Å². The first-order valence-electron chi connectivity index (χ1n) is 6.38. The predicted octanol–water partition coefficient (Wildman–Crippen LogP) is 4.07. The molecule has 0 unspecified atom stereocenters. The van der Waals surface area contributed by atoms with Gasteiger partial charge in [-0.05, 0) is 25.6 Å². The number of nitro groups is 1. The number of nitro benzene ring substituents is 1. The number of halogens is 1. The van der Waals surface area contributed by atoms with Crippen LogP contribution in [0.4, 0.5) is 5.69 Å². The van der Waals surface area contributed by atoms with Crippen molar-refractivity contribution in [3.8, 4) is 11.5 Å². The van der Waals surface area contributed by atoms with E-state index < -0.39 is 4.92 Å². The first kappa shape index (κ1) is 15.3. The van der Waals surface area contributed by atoms with Crippen LogP contribution in [0.15, 0.2) is 36.4 Å². The number of ether oxygens (including phenoxy) is 1. The lowest BCUT2D eigenvalue weighted by atomic mass is 10.1. The molecule has 0 fully saturated rings. The highest BCUT2D eigenvalue weighted by molar-refractivity contribution is 6.32. The predicted molar refractivity (Wildman–Crippen MR) is 82.1 cm³/mol. The number of nitrogens with one attached hydrogen (secondary N) is 1. The fraction of sp³-hybridized carbons (Fsp3) is 0.200. The summed E-state index contributed by atoms with van der Waals surface area (Å²) in [7, 11) is 1.81. The Balaban J connectivity index is 2.50. The van der Waals surface area contributed by atoms with Crippen molar-refractivity contribution in [3.05, 3.63) is 62.7 Å². The van der Waals surface area contributed by atoms with E-state index in [2.05, 4.69) is 5.32 Å². The molecule has 0 heterocycles. The Bertz CT molecular complexity index is 674. The molecule has 0 atom stereocenters. The molecule has 0 saturated carbocycles. The molecule has 0 saturated heterocycles. The van der Waals surface area contributed by atoms with E-state index in [9.17, 15) is 10.1 Å². The van der Waals surface area contributed by atoms with Crippen molar-refractivity contribution in [2.24, 2.45) is 0 Å². The minimum absolute atomic E-state index is 0.0784. The molecule has 110 valence electrons. The van der Waals surface area contributed by atoms with Gasteiger partial charge in [-0.25, -0.2) is 0 Å². The van der Waals surface area contributed by atoms with E-state index in [1.165, 1.54) is 6.07 Å². The molecule has 0 radical (unpaired) electrons. The molecule has 0 aromatic heterocycles. The van der Waals surface area contributed by atoms with Gasteiger partial charge in [0.15, 0.2) is 5.75 Å². The third-order valence-corrected chi connectivity index (χ3v) is 3.31. The highest BCUT2D eigenvalue weighted by Gasteiger charge is 2.20. The lowest BCUT2D eigenvalue weighted by Crippen LogP contribution is -2.07. The molecule has 0 aliphatic carbocycles.